The van der Waals surface area contributed by atoms with Gasteiger partial charge in [-0.15, -0.1) is 0 Å². The van der Waals surface area contributed by atoms with Crippen LogP contribution in [0.5, 0.6) is 0 Å². The Morgan fingerprint density at radius 3 is 2.78 bits per heavy atom. The van der Waals surface area contributed by atoms with Crippen molar-refractivity contribution in [3.05, 3.63) is 40.3 Å². The minimum absolute atomic E-state index is 0.0985. The summed E-state index contributed by atoms with van der Waals surface area (Å²) in [6.07, 6.45) is 5.47. The third-order valence-electron chi connectivity index (χ3n) is 3.73. The van der Waals surface area contributed by atoms with Gasteiger partial charge < -0.3 is 10.3 Å². The molecule has 1 saturated carbocycles. The van der Waals surface area contributed by atoms with Crippen molar-refractivity contribution in [1.82, 2.24) is 4.57 Å². The zero-order chi connectivity index (χ0) is 12.7. The molecule has 0 aliphatic heterocycles. The van der Waals surface area contributed by atoms with Crippen LogP contribution < -0.4 is 11.3 Å². The van der Waals surface area contributed by atoms with Gasteiger partial charge in [-0.25, -0.2) is 0 Å². The van der Waals surface area contributed by atoms with Crippen molar-refractivity contribution < 1.29 is 0 Å². The summed E-state index contributed by atoms with van der Waals surface area (Å²) in [5, 5.41) is 1.80. The summed E-state index contributed by atoms with van der Waals surface area (Å²) < 4.78 is 1.87. The van der Waals surface area contributed by atoms with Crippen LogP contribution in [-0.2, 0) is 13.0 Å². The van der Waals surface area contributed by atoms with E-state index in [0.717, 1.165) is 23.7 Å². The quantitative estimate of drug-likeness (QED) is 0.841. The van der Waals surface area contributed by atoms with E-state index >= 15 is 0 Å². The first-order valence-corrected chi connectivity index (χ1v) is 6.60. The highest BCUT2D eigenvalue weighted by molar-refractivity contribution is 5.87. The van der Waals surface area contributed by atoms with Crippen LogP contribution in [-0.4, -0.2) is 4.57 Å². The fourth-order valence-corrected chi connectivity index (χ4v) is 2.49. The summed E-state index contributed by atoms with van der Waals surface area (Å²) in [7, 11) is 0. The molecule has 0 bridgehead atoms. The van der Waals surface area contributed by atoms with Gasteiger partial charge in [0.05, 0.1) is 0 Å². The van der Waals surface area contributed by atoms with Gasteiger partial charge in [0.25, 0.3) is 5.56 Å². The molecule has 3 nitrogen and oxygen atoms in total. The predicted molar refractivity (Wildman–Crippen MR) is 74.7 cm³/mol. The van der Waals surface area contributed by atoms with E-state index in [9.17, 15) is 4.79 Å². The van der Waals surface area contributed by atoms with Gasteiger partial charge in [-0.2, -0.15) is 0 Å². The van der Waals surface area contributed by atoms with E-state index in [4.69, 9.17) is 5.73 Å². The first-order valence-electron chi connectivity index (χ1n) is 6.60. The smallest absolute Gasteiger partial charge is 0.258 e. The Morgan fingerprint density at radius 2 is 2.11 bits per heavy atom. The number of hydrogen-bond donors (Lipinski definition) is 1. The van der Waals surface area contributed by atoms with Gasteiger partial charge in [0, 0.05) is 23.8 Å². The maximum Gasteiger partial charge on any atom is 0.258 e. The van der Waals surface area contributed by atoms with Crippen molar-refractivity contribution in [2.24, 2.45) is 5.92 Å². The van der Waals surface area contributed by atoms with E-state index in [2.05, 4.69) is 6.92 Å². The number of fused-ring (bicyclic) bond motifs is 1. The molecule has 0 unspecified atom stereocenters. The summed E-state index contributed by atoms with van der Waals surface area (Å²) in [4.78, 5) is 12.4. The highest BCUT2D eigenvalue weighted by Crippen LogP contribution is 2.30. The lowest BCUT2D eigenvalue weighted by Crippen LogP contribution is -2.21. The van der Waals surface area contributed by atoms with E-state index in [-0.39, 0.29) is 5.56 Å². The van der Waals surface area contributed by atoms with Crippen molar-refractivity contribution in [3.63, 3.8) is 0 Å². The molecule has 1 fully saturated rings. The Hall–Kier alpha value is -1.77. The normalized spacial score (nSPS) is 15.2. The van der Waals surface area contributed by atoms with Crippen LogP contribution >= 0.6 is 0 Å². The van der Waals surface area contributed by atoms with Gasteiger partial charge in [-0.05, 0) is 48.3 Å². The van der Waals surface area contributed by atoms with Crippen LogP contribution in [0.4, 0.5) is 5.69 Å². The van der Waals surface area contributed by atoms with Gasteiger partial charge in [-0.3, -0.25) is 4.79 Å². The number of nitrogens with zero attached hydrogens (tertiary/aromatic N) is 1. The molecule has 0 radical (unpaired) electrons. The Morgan fingerprint density at radius 1 is 1.33 bits per heavy atom. The molecule has 0 amide bonds. The van der Waals surface area contributed by atoms with Crippen LogP contribution in [0.3, 0.4) is 0 Å². The second-order valence-electron chi connectivity index (χ2n) is 5.21. The summed E-state index contributed by atoms with van der Waals surface area (Å²) in [5.74, 6) is 0.700. The van der Waals surface area contributed by atoms with Crippen molar-refractivity contribution in [2.45, 2.75) is 32.7 Å². The highest BCUT2D eigenvalue weighted by atomic mass is 16.1. The number of nitrogen functional groups attached to an aromatic ring is 1. The number of aromatic nitrogens is 1. The van der Waals surface area contributed by atoms with Crippen LogP contribution in [0.25, 0.3) is 10.8 Å². The fraction of sp³-hybridized carbons (Fsp3) is 0.400. The minimum atomic E-state index is 0.0985. The summed E-state index contributed by atoms with van der Waals surface area (Å²) in [5.41, 5.74) is 7.78. The Balaban J connectivity index is 2.24. The summed E-state index contributed by atoms with van der Waals surface area (Å²) in [6, 6.07) is 5.64. The molecule has 0 saturated heterocycles. The number of anilines is 1. The van der Waals surface area contributed by atoms with E-state index in [1.54, 1.807) is 6.07 Å². The second-order valence-corrected chi connectivity index (χ2v) is 5.21. The Labute approximate surface area is 106 Å². The van der Waals surface area contributed by atoms with E-state index in [1.807, 2.05) is 22.9 Å². The van der Waals surface area contributed by atoms with Crippen molar-refractivity contribution in [1.29, 1.82) is 0 Å². The van der Waals surface area contributed by atoms with Crippen LogP contribution in [0, 0.1) is 5.92 Å². The van der Waals surface area contributed by atoms with E-state index < -0.39 is 0 Å². The van der Waals surface area contributed by atoms with Gasteiger partial charge in [0.1, 0.15) is 0 Å². The molecule has 0 spiro atoms. The Kier molecular flexibility index (Phi) is 2.62. The third kappa shape index (κ3) is 1.90. The van der Waals surface area contributed by atoms with Crippen LogP contribution in [0.2, 0.25) is 0 Å². The predicted octanol–water partition coefficient (Wildman–Crippen LogP) is 2.56. The average Bonchev–Trinajstić information content (AvgIpc) is 3.17. The zero-order valence-corrected chi connectivity index (χ0v) is 10.6. The first kappa shape index (κ1) is 11.3. The number of benzene rings is 1. The molecule has 3 rings (SSSR count). The molecule has 2 N–H and O–H groups in total. The lowest BCUT2D eigenvalue weighted by atomic mass is 10.0. The van der Waals surface area contributed by atoms with Crippen LogP contribution in [0.1, 0.15) is 25.3 Å². The van der Waals surface area contributed by atoms with Crippen molar-refractivity contribution >= 4 is 16.5 Å². The number of rotatable bonds is 3. The van der Waals surface area contributed by atoms with E-state index in [0.29, 0.717) is 11.6 Å². The Bertz CT molecular complexity index is 653. The standard InChI is InChI=1S/C15H18N2O/c1-2-11-9-17(8-10-3-4-10)15(18)14-7-12(16)5-6-13(11)14/h5-7,9-10H,2-4,8,16H2,1H3. The minimum Gasteiger partial charge on any atom is -0.399 e. The summed E-state index contributed by atoms with van der Waals surface area (Å²) >= 11 is 0. The molecule has 1 aromatic heterocycles. The summed E-state index contributed by atoms with van der Waals surface area (Å²) in [6.45, 7) is 2.98. The van der Waals surface area contributed by atoms with Gasteiger partial charge in [0.15, 0.2) is 0 Å². The number of pyridine rings is 1. The molecule has 1 heterocycles. The maximum absolute atomic E-state index is 12.4. The lowest BCUT2D eigenvalue weighted by molar-refractivity contribution is 0.608. The number of aryl methyl sites for hydroxylation is 1. The maximum atomic E-state index is 12.4. The molecule has 1 aliphatic rings. The van der Waals surface area contributed by atoms with Crippen LogP contribution in [0.15, 0.2) is 29.2 Å². The molecule has 94 valence electrons. The van der Waals surface area contributed by atoms with Crippen molar-refractivity contribution in [2.75, 3.05) is 5.73 Å². The molecule has 3 heteroatoms. The molecule has 18 heavy (non-hydrogen) atoms. The number of nitrogens with two attached hydrogens (primary N) is 1. The largest absolute Gasteiger partial charge is 0.399 e. The van der Waals surface area contributed by atoms with Gasteiger partial charge >= 0.3 is 0 Å². The number of hydrogen-bond acceptors (Lipinski definition) is 2. The first-order chi connectivity index (χ1) is 8.69. The molecule has 1 aromatic carbocycles. The fourth-order valence-electron chi connectivity index (χ4n) is 2.49. The van der Waals surface area contributed by atoms with Gasteiger partial charge in [0.2, 0.25) is 0 Å². The highest BCUT2D eigenvalue weighted by Gasteiger charge is 2.22. The SMILES string of the molecule is CCc1cn(CC2CC2)c(=O)c2cc(N)ccc12. The average molecular weight is 242 g/mol. The topological polar surface area (TPSA) is 48.0 Å². The molecular formula is C15H18N2O. The molecule has 0 atom stereocenters. The molecule has 1 aliphatic carbocycles. The molecular weight excluding hydrogens is 224 g/mol. The third-order valence-corrected chi connectivity index (χ3v) is 3.73. The monoisotopic (exact) mass is 242 g/mol. The lowest BCUT2D eigenvalue weighted by Gasteiger charge is -2.11. The second kappa shape index (κ2) is 4.16. The molecule has 2 aromatic rings. The van der Waals surface area contributed by atoms with Gasteiger partial charge in [-0.1, -0.05) is 13.0 Å². The van der Waals surface area contributed by atoms with E-state index in [1.165, 1.54) is 18.4 Å². The zero-order valence-electron chi connectivity index (χ0n) is 10.6. The van der Waals surface area contributed by atoms with Crippen molar-refractivity contribution in [3.8, 4) is 0 Å².